The zero-order valence-electron chi connectivity index (χ0n) is 9.25. The molecule has 17 heavy (non-hydrogen) atoms. The van der Waals surface area contributed by atoms with Gasteiger partial charge in [-0.05, 0) is 18.0 Å². The number of nitrogens with zero attached hydrogens (tertiary/aromatic N) is 6. The van der Waals surface area contributed by atoms with E-state index in [0.717, 1.165) is 22.2 Å². The van der Waals surface area contributed by atoms with Crippen molar-refractivity contribution in [3.05, 3.63) is 23.8 Å². The summed E-state index contributed by atoms with van der Waals surface area (Å²) in [6, 6.07) is -0.437. The first-order chi connectivity index (χ1) is 8.22. The predicted molar refractivity (Wildman–Crippen MR) is 59.9 cm³/mol. The summed E-state index contributed by atoms with van der Waals surface area (Å²) in [6.45, 7) is 2.06. The van der Waals surface area contributed by atoms with Crippen LogP contribution in [0.15, 0.2) is 12.7 Å². The number of rotatable bonds is 3. The molecule has 0 amide bonds. The Morgan fingerprint density at radius 3 is 3.00 bits per heavy atom. The van der Waals surface area contributed by atoms with E-state index in [1.165, 1.54) is 12.7 Å². The van der Waals surface area contributed by atoms with Gasteiger partial charge in [-0.1, -0.05) is 13.3 Å². The number of hydrogen-bond donors (Lipinski definition) is 0. The number of carbonyl (C=O) groups excluding carboxylic acids is 1. The third kappa shape index (κ3) is 2.50. The van der Waals surface area contributed by atoms with E-state index in [2.05, 4.69) is 27.1 Å². The molecule has 2 heterocycles. The normalized spacial score (nSPS) is 10.7. The van der Waals surface area contributed by atoms with E-state index in [4.69, 9.17) is 11.6 Å². The zero-order valence-corrected chi connectivity index (χ0v) is 10.0. The van der Waals surface area contributed by atoms with Crippen LogP contribution in [0.25, 0.3) is 0 Å². The van der Waals surface area contributed by atoms with Crippen LogP contribution >= 0.6 is 11.6 Å². The van der Waals surface area contributed by atoms with Crippen molar-refractivity contribution in [1.82, 2.24) is 29.5 Å². The van der Waals surface area contributed by atoms with Crippen LogP contribution in [0.2, 0.25) is 5.28 Å². The van der Waals surface area contributed by atoms with E-state index in [1.807, 2.05) is 0 Å². The Morgan fingerprint density at radius 2 is 2.35 bits per heavy atom. The molecule has 2 aromatic rings. The van der Waals surface area contributed by atoms with Gasteiger partial charge in [0.15, 0.2) is 0 Å². The average Bonchev–Trinajstić information content (AvgIpc) is 2.94. The van der Waals surface area contributed by atoms with E-state index in [0.29, 0.717) is 12.2 Å². The van der Waals surface area contributed by atoms with Crippen LogP contribution in [-0.4, -0.2) is 35.6 Å². The van der Waals surface area contributed by atoms with Crippen molar-refractivity contribution in [3.63, 3.8) is 0 Å². The SMILES string of the molecule is CCCCc1nc(Cl)nn1C(=O)n1cncn1. The molecule has 0 aliphatic heterocycles. The molecule has 0 aliphatic rings. The summed E-state index contributed by atoms with van der Waals surface area (Å²) in [5, 5.41) is 7.66. The van der Waals surface area contributed by atoms with E-state index in [1.54, 1.807) is 0 Å². The van der Waals surface area contributed by atoms with Crippen LogP contribution < -0.4 is 0 Å². The van der Waals surface area contributed by atoms with Gasteiger partial charge in [0.25, 0.3) is 0 Å². The topological polar surface area (TPSA) is 78.5 Å². The zero-order chi connectivity index (χ0) is 12.3. The molecule has 7 nitrogen and oxygen atoms in total. The largest absolute Gasteiger partial charge is 0.372 e. The molecule has 0 spiro atoms. The summed E-state index contributed by atoms with van der Waals surface area (Å²) in [4.78, 5) is 19.7. The van der Waals surface area contributed by atoms with Crippen molar-refractivity contribution in [2.24, 2.45) is 0 Å². The minimum atomic E-state index is -0.437. The monoisotopic (exact) mass is 254 g/mol. The standard InChI is InChI=1S/C9H11ClN6O/c1-2-3-4-7-13-8(10)14-16(7)9(17)15-6-11-5-12-15/h5-6H,2-4H2,1H3. The van der Waals surface area contributed by atoms with Crippen LogP contribution in [0.1, 0.15) is 25.6 Å². The highest BCUT2D eigenvalue weighted by molar-refractivity contribution is 6.28. The third-order valence-electron chi connectivity index (χ3n) is 2.20. The molecule has 8 heteroatoms. The molecule has 2 aromatic heterocycles. The molecule has 0 radical (unpaired) electrons. The number of unbranched alkanes of at least 4 members (excludes halogenated alkanes) is 1. The lowest BCUT2D eigenvalue weighted by molar-refractivity contribution is 0.237. The van der Waals surface area contributed by atoms with Gasteiger partial charge in [-0.2, -0.15) is 14.5 Å². The summed E-state index contributed by atoms with van der Waals surface area (Å²) >= 11 is 5.71. The number of hydrogen-bond acceptors (Lipinski definition) is 5. The van der Waals surface area contributed by atoms with Crippen molar-refractivity contribution in [3.8, 4) is 0 Å². The lowest BCUT2D eigenvalue weighted by Gasteiger charge is -2.02. The highest BCUT2D eigenvalue weighted by Crippen LogP contribution is 2.08. The first-order valence-corrected chi connectivity index (χ1v) is 5.61. The molecule has 0 unspecified atom stereocenters. The van der Waals surface area contributed by atoms with Gasteiger partial charge in [0.2, 0.25) is 5.28 Å². The Hall–Kier alpha value is -1.76. The maximum absolute atomic E-state index is 12.0. The van der Waals surface area contributed by atoms with Gasteiger partial charge in [0, 0.05) is 6.42 Å². The number of carbonyl (C=O) groups is 1. The van der Waals surface area contributed by atoms with Gasteiger partial charge in [-0.25, -0.2) is 14.8 Å². The molecule has 90 valence electrons. The van der Waals surface area contributed by atoms with Crippen molar-refractivity contribution < 1.29 is 4.79 Å². The molecule has 0 aliphatic carbocycles. The van der Waals surface area contributed by atoms with Gasteiger partial charge in [0.05, 0.1) is 0 Å². The van der Waals surface area contributed by atoms with Crippen LogP contribution in [0.5, 0.6) is 0 Å². The van der Waals surface area contributed by atoms with Crippen molar-refractivity contribution >= 4 is 17.6 Å². The molecule has 0 aromatic carbocycles. The van der Waals surface area contributed by atoms with Gasteiger partial charge in [-0.15, -0.1) is 5.10 Å². The second kappa shape index (κ2) is 5.05. The molecule has 0 bridgehead atoms. The lowest BCUT2D eigenvalue weighted by atomic mass is 10.2. The molecule has 0 atom stereocenters. The first-order valence-electron chi connectivity index (χ1n) is 5.23. The Kier molecular flexibility index (Phi) is 3.48. The number of aromatic nitrogens is 6. The molecule has 0 N–H and O–H groups in total. The smallest absolute Gasteiger partial charge is 0.243 e. The first kappa shape index (κ1) is 11.7. The Morgan fingerprint density at radius 1 is 1.53 bits per heavy atom. The van der Waals surface area contributed by atoms with Crippen LogP contribution in [0.3, 0.4) is 0 Å². The average molecular weight is 255 g/mol. The third-order valence-corrected chi connectivity index (χ3v) is 2.36. The maximum Gasteiger partial charge on any atom is 0.372 e. The van der Waals surface area contributed by atoms with Gasteiger partial charge >= 0.3 is 6.03 Å². The van der Waals surface area contributed by atoms with Crippen LogP contribution in [-0.2, 0) is 6.42 Å². The minimum absolute atomic E-state index is 0.0598. The van der Waals surface area contributed by atoms with E-state index >= 15 is 0 Å². The van der Waals surface area contributed by atoms with Gasteiger partial charge < -0.3 is 0 Å². The van der Waals surface area contributed by atoms with Gasteiger partial charge in [0.1, 0.15) is 18.5 Å². The van der Waals surface area contributed by atoms with E-state index in [-0.39, 0.29) is 5.28 Å². The van der Waals surface area contributed by atoms with Crippen LogP contribution in [0.4, 0.5) is 4.79 Å². The molecule has 2 rings (SSSR count). The summed E-state index contributed by atoms with van der Waals surface area (Å²) in [7, 11) is 0. The van der Waals surface area contributed by atoms with Crippen molar-refractivity contribution in [2.45, 2.75) is 26.2 Å². The van der Waals surface area contributed by atoms with Crippen molar-refractivity contribution in [1.29, 1.82) is 0 Å². The molecule has 0 saturated carbocycles. The fourth-order valence-corrected chi connectivity index (χ4v) is 1.54. The second-order valence-corrected chi connectivity index (χ2v) is 3.77. The van der Waals surface area contributed by atoms with E-state index < -0.39 is 6.03 Å². The van der Waals surface area contributed by atoms with Crippen LogP contribution in [0, 0.1) is 0 Å². The number of aryl methyl sites for hydroxylation is 1. The molecular weight excluding hydrogens is 244 g/mol. The lowest BCUT2D eigenvalue weighted by Crippen LogP contribution is -2.23. The molecular formula is C9H11ClN6O. The van der Waals surface area contributed by atoms with E-state index in [9.17, 15) is 4.79 Å². The Balaban J connectivity index is 2.28. The molecule has 0 saturated heterocycles. The predicted octanol–water partition coefficient (Wildman–Crippen LogP) is 1.38. The second-order valence-electron chi connectivity index (χ2n) is 3.44. The quantitative estimate of drug-likeness (QED) is 0.827. The van der Waals surface area contributed by atoms with Crippen molar-refractivity contribution in [2.75, 3.05) is 0 Å². The Bertz CT molecular complexity index is 506. The Labute approximate surface area is 102 Å². The summed E-state index contributed by atoms with van der Waals surface area (Å²) in [5.74, 6) is 0.539. The summed E-state index contributed by atoms with van der Waals surface area (Å²) in [5.41, 5.74) is 0. The number of halogens is 1. The highest BCUT2D eigenvalue weighted by Gasteiger charge is 2.16. The fraction of sp³-hybridized carbons (Fsp3) is 0.444. The summed E-state index contributed by atoms with van der Waals surface area (Å²) < 4.78 is 2.24. The fourth-order valence-electron chi connectivity index (χ4n) is 1.37. The molecule has 0 fully saturated rings. The highest BCUT2D eigenvalue weighted by atomic mass is 35.5. The maximum atomic E-state index is 12.0. The minimum Gasteiger partial charge on any atom is -0.243 e. The van der Waals surface area contributed by atoms with Gasteiger partial charge in [-0.3, -0.25) is 0 Å². The summed E-state index contributed by atoms with van der Waals surface area (Å²) in [6.07, 6.45) is 5.15.